The van der Waals surface area contributed by atoms with Gasteiger partial charge in [-0.3, -0.25) is 0 Å². The van der Waals surface area contributed by atoms with Crippen molar-refractivity contribution in [1.29, 1.82) is 0 Å². The molecule has 0 aromatic carbocycles. The third-order valence-corrected chi connectivity index (χ3v) is 2.96. The zero-order valence-corrected chi connectivity index (χ0v) is 11.0. The highest BCUT2D eigenvalue weighted by atomic mass is 16.5. The van der Waals surface area contributed by atoms with Gasteiger partial charge in [-0.05, 0) is 33.1 Å². The summed E-state index contributed by atoms with van der Waals surface area (Å²) in [6.07, 6.45) is 5.53. The summed E-state index contributed by atoms with van der Waals surface area (Å²) >= 11 is 0. The van der Waals surface area contributed by atoms with Gasteiger partial charge < -0.3 is 14.8 Å². The van der Waals surface area contributed by atoms with E-state index in [-0.39, 0.29) is 0 Å². The minimum absolute atomic E-state index is 0.337. The highest BCUT2D eigenvalue weighted by molar-refractivity contribution is 4.76. The van der Waals surface area contributed by atoms with Crippen molar-refractivity contribution in [3.63, 3.8) is 0 Å². The molecule has 1 N–H and O–H groups in total. The molecule has 2 atom stereocenters. The number of hydrogen-bond donors (Lipinski definition) is 1. The lowest BCUT2D eigenvalue weighted by molar-refractivity contribution is -0.00528. The minimum atomic E-state index is 0.337. The molecule has 1 aliphatic rings. The molecule has 1 aliphatic heterocycles. The second-order valence-electron chi connectivity index (χ2n) is 4.88. The predicted octanol–water partition coefficient (Wildman–Crippen LogP) is 2.35. The Morgan fingerprint density at radius 1 is 1.44 bits per heavy atom. The first-order valence-corrected chi connectivity index (χ1v) is 6.69. The van der Waals surface area contributed by atoms with E-state index >= 15 is 0 Å². The van der Waals surface area contributed by atoms with Crippen LogP contribution in [0.25, 0.3) is 0 Å². The maximum Gasteiger partial charge on any atom is 0.0594 e. The molecule has 16 heavy (non-hydrogen) atoms. The molecule has 0 aliphatic carbocycles. The second kappa shape index (κ2) is 8.04. The summed E-state index contributed by atoms with van der Waals surface area (Å²) < 4.78 is 11.2. The largest absolute Gasteiger partial charge is 0.378 e. The number of ether oxygens (including phenoxy) is 2. The van der Waals surface area contributed by atoms with Crippen molar-refractivity contribution in [3.8, 4) is 0 Å². The lowest BCUT2D eigenvalue weighted by Gasteiger charge is -2.30. The molecule has 96 valence electrons. The van der Waals surface area contributed by atoms with Crippen molar-refractivity contribution in [2.24, 2.45) is 0 Å². The summed E-state index contributed by atoms with van der Waals surface area (Å²) in [4.78, 5) is 0. The average Bonchev–Trinajstić information content (AvgIpc) is 2.25. The van der Waals surface area contributed by atoms with Gasteiger partial charge in [0.25, 0.3) is 0 Å². The van der Waals surface area contributed by atoms with E-state index in [2.05, 4.69) is 26.1 Å². The van der Waals surface area contributed by atoms with E-state index in [9.17, 15) is 0 Å². The summed E-state index contributed by atoms with van der Waals surface area (Å²) in [7, 11) is 0. The molecule has 3 nitrogen and oxygen atoms in total. The van der Waals surface area contributed by atoms with Gasteiger partial charge in [0.2, 0.25) is 0 Å². The van der Waals surface area contributed by atoms with Crippen LogP contribution in [0.2, 0.25) is 0 Å². The third-order valence-electron chi connectivity index (χ3n) is 2.96. The smallest absolute Gasteiger partial charge is 0.0594 e. The molecule has 1 fully saturated rings. The summed E-state index contributed by atoms with van der Waals surface area (Å²) in [5.41, 5.74) is 0. The van der Waals surface area contributed by atoms with Crippen LogP contribution in [-0.4, -0.2) is 38.0 Å². The van der Waals surface area contributed by atoms with Crippen molar-refractivity contribution >= 4 is 0 Å². The van der Waals surface area contributed by atoms with Crippen molar-refractivity contribution in [2.45, 2.75) is 64.7 Å². The van der Waals surface area contributed by atoms with Crippen LogP contribution in [-0.2, 0) is 9.47 Å². The van der Waals surface area contributed by atoms with E-state index in [0.717, 1.165) is 32.6 Å². The first-order chi connectivity index (χ1) is 7.72. The molecule has 0 amide bonds. The van der Waals surface area contributed by atoms with Crippen molar-refractivity contribution in [2.75, 3.05) is 19.8 Å². The van der Waals surface area contributed by atoms with E-state index in [1.165, 1.54) is 12.8 Å². The Bertz CT molecular complexity index is 171. The van der Waals surface area contributed by atoms with Crippen LogP contribution in [0.15, 0.2) is 0 Å². The molecular formula is C13H27NO2. The van der Waals surface area contributed by atoms with Crippen LogP contribution in [0.4, 0.5) is 0 Å². The van der Waals surface area contributed by atoms with Gasteiger partial charge in [-0.25, -0.2) is 0 Å². The van der Waals surface area contributed by atoms with Gasteiger partial charge in [-0.2, -0.15) is 0 Å². The maximum atomic E-state index is 5.72. The van der Waals surface area contributed by atoms with Gasteiger partial charge >= 0.3 is 0 Å². The van der Waals surface area contributed by atoms with Crippen LogP contribution >= 0.6 is 0 Å². The summed E-state index contributed by atoms with van der Waals surface area (Å²) in [6.45, 7) is 9.05. The van der Waals surface area contributed by atoms with E-state index in [1.807, 2.05) is 0 Å². The van der Waals surface area contributed by atoms with Gasteiger partial charge in [0.15, 0.2) is 0 Å². The normalized spacial score (nSPS) is 26.2. The van der Waals surface area contributed by atoms with E-state index in [0.29, 0.717) is 18.2 Å². The van der Waals surface area contributed by atoms with Crippen LogP contribution in [0.3, 0.4) is 0 Å². The Balaban J connectivity index is 2.07. The Hall–Kier alpha value is -0.120. The molecule has 0 bridgehead atoms. The summed E-state index contributed by atoms with van der Waals surface area (Å²) in [6, 6.07) is 0.626. The first kappa shape index (κ1) is 13.9. The maximum absolute atomic E-state index is 5.72. The SMILES string of the molecule is CCCC1CC(NCCOC(C)C)CCO1. The Labute approximate surface area is 99.9 Å². The van der Waals surface area contributed by atoms with E-state index < -0.39 is 0 Å². The van der Waals surface area contributed by atoms with E-state index in [4.69, 9.17) is 9.47 Å². The van der Waals surface area contributed by atoms with Crippen LogP contribution in [0.5, 0.6) is 0 Å². The van der Waals surface area contributed by atoms with Gasteiger partial charge in [0.05, 0.1) is 18.8 Å². The van der Waals surface area contributed by atoms with Crippen LogP contribution < -0.4 is 5.32 Å². The fraction of sp³-hybridized carbons (Fsp3) is 1.00. The van der Waals surface area contributed by atoms with Gasteiger partial charge in [-0.15, -0.1) is 0 Å². The molecule has 1 rings (SSSR count). The number of nitrogens with one attached hydrogen (secondary N) is 1. The van der Waals surface area contributed by atoms with Gasteiger partial charge in [0.1, 0.15) is 0 Å². The minimum Gasteiger partial charge on any atom is -0.378 e. The summed E-state index contributed by atoms with van der Waals surface area (Å²) in [5.74, 6) is 0. The lowest BCUT2D eigenvalue weighted by Crippen LogP contribution is -2.40. The topological polar surface area (TPSA) is 30.5 Å². The zero-order valence-electron chi connectivity index (χ0n) is 11.0. The average molecular weight is 229 g/mol. The highest BCUT2D eigenvalue weighted by Crippen LogP contribution is 2.17. The Morgan fingerprint density at radius 2 is 2.25 bits per heavy atom. The lowest BCUT2D eigenvalue weighted by atomic mass is 10.0. The van der Waals surface area contributed by atoms with Crippen LogP contribution in [0, 0.1) is 0 Å². The van der Waals surface area contributed by atoms with Gasteiger partial charge in [0, 0.05) is 19.2 Å². The van der Waals surface area contributed by atoms with Gasteiger partial charge in [-0.1, -0.05) is 13.3 Å². The zero-order chi connectivity index (χ0) is 11.8. The standard InChI is InChI=1S/C13H27NO2/c1-4-5-13-10-12(6-8-16-13)14-7-9-15-11(2)3/h11-14H,4-10H2,1-3H3. The molecule has 0 radical (unpaired) electrons. The third kappa shape index (κ3) is 5.83. The van der Waals surface area contributed by atoms with Crippen molar-refractivity contribution in [3.05, 3.63) is 0 Å². The fourth-order valence-electron chi connectivity index (χ4n) is 2.15. The molecule has 0 spiro atoms. The molecule has 1 heterocycles. The monoisotopic (exact) mass is 229 g/mol. The molecule has 1 saturated heterocycles. The molecule has 0 aromatic heterocycles. The van der Waals surface area contributed by atoms with Crippen molar-refractivity contribution in [1.82, 2.24) is 5.32 Å². The first-order valence-electron chi connectivity index (χ1n) is 6.69. The Kier molecular flexibility index (Phi) is 7.01. The van der Waals surface area contributed by atoms with Crippen molar-refractivity contribution < 1.29 is 9.47 Å². The Morgan fingerprint density at radius 3 is 2.94 bits per heavy atom. The highest BCUT2D eigenvalue weighted by Gasteiger charge is 2.21. The second-order valence-corrected chi connectivity index (χ2v) is 4.88. The van der Waals surface area contributed by atoms with Crippen LogP contribution in [0.1, 0.15) is 46.5 Å². The molecule has 0 aromatic rings. The number of hydrogen-bond acceptors (Lipinski definition) is 3. The molecule has 3 heteroatoms. The predicted molar refractivity (Wildman–Crippen MR) is 66.8 cm³/mol. The molecule has 2 unspecified atom stereocenters. The fourth-order valence-corrected chi connectivity index (χ4v) is 2.15. The van der Waals surface area contributed by atoms with E-state index in [1.54, 1.807) is 0 Å². The summed E-state index contributed by atoms with van der Waals surface area (Å²) in [5, 5.41) is 3.56. The molecular weight excluding hydrogens is 202 g/mol. The number of rotatable bonds is 7. The quantitative estimate of drug-likeness (QED) is 0.680. The molecule has 0 saturated carbocycles.